The van der Waals surface area contributed by atoms with Gasteiger partial charge >= 0.3 is 6.09 Å². The third kappa shape index (κ3) is 6.24. The quantitative estimate of drug-likeness (QED) is 0.280. The highest BCUT2D eigenvalue weighted by molar-refractivity contribution is 6.35. The molecule has 3 aromatic rings. The largest absolute Gasteiger partial charge is 0.443 e. The van der Waals surface area contributed by atoms with Crippen LogP contribution in [0.25, 0.3) is 10.9 Å². The van der Waals surface area contributed by atoms with Crippen LogP contribution in [0.4, 0.5) is 4.79 Å². The SMILES string of the molecule is CC(C)(C)OC(=O)NNC[C@H]1O[C@@H](n2cc(Cc3ccc(C4CC4)cc3)c3c(Cl)cccc32)[C@H](O)[C@@H](O)[C@@H]1O. The molecular formula is C29H36ClN3O6. The second-order valence-electron chi connectivity index (χ2n) is 11.4. The number of ether oxygens (including phenoxy) is 2. The number of nitrogens with zero attached hydrogens (tertiary/aromatic N) is 1. The summed E-state index contributed by atoms with van der Waals surface area (Å²) in [5.74, 6) is 0.684. The zero-order chi connectivity index (χ0) is 27.9. The summed E-state index contributed by atoms with van der Waals surface area (Å²) in [7, 11) is 0. The van der Waals surface area contributed by atoms with Crippen LogP contribution in [0.1, 0.15) is 62.4 Å². The molecule has 1 aliphatic carbocycles. The number of amides is 1. The smallest absolute Gasteiger partial charge is 0.422 e. The Morgan fingerprint density at radius 1 is 1.08 bits per heavy atom. The number of hydrazine groups is 1. The number of rotatable bonds is 7. The number of fused-ring (bicyclic) bond motifs is 1. The normalized spacial score (nSPS) is 25.6. The van der Waals surface area contributed by atoms with Crippen LogP contribution in [0.5, 0.6) is 0 Å². The molecule has 10 heteroatoms. The summed E-state index contributed by atoms with van der Waals surface area (Å²) in [6.07, 6.45) is -1.92. The first kappa shape index (κ1) is 27.9. The van der Waals surface area contributed by atoms with Crippen LogP contribution in [0.15, 0.2) is 48.7 Å². The molecule has 39 heavy (non-hydrogen) atoms. The number of aromatic nitrogens is 1. The summed E-state index contributed by atoms with van der Waals surface area (Å²) in [5.41, 5.74) is 8.60. The highest BCUT2D eigenvalue weighted by Crippen LogP contribution is 2.40. The van der Waals surface area contributed by atoms with Gasteiger partial charge < -0.3 is 29.4 Å². The lowest BCUT2D eigenvalue weighted by atomic mass is 9.98. The molecule has 9 nitrogen and oxygen atoms in total. The third-order valence-electron chi connectivity index (χ3n) is 7.16. The molecule has 2 heterocycles. The van der Waals surface area contributed by atoms with Crippen molar-refractivity contribution in [2.75, 3.05) is 6.54 Å². The summed E-state index contributed by atoms with van der Waals surface area (Å²) >= 11 is 6.65. The van der Waals surface area contributed by atoms with Crippen LogP contribution in [0.2, 0.25) is 5.02 Å². The van der Waals surface area contributed by atoms with Gasteiger partial charge in [0.15, 0.2) is 6.23 Å². The van der Waals surface area contributed by atoms with E-state index in [9.17, 15) is 20.1 Å². The van der Waals surface area contributed by atoms with Gasteiger partial charge in [0.05, 0.1) is 10.5 Å². The van der Waals surface area contributed by atoms with Gasteiger partial charge in [-0.1, -0.05) is 41.9 Å². The minimum absolute atomic E-state index is 0.0408. The van der Waals surface area contributed by atoms with Crippen molar-refractivity contribution in [1.29, 1.82) is 0 Å². The second-order valence-corrected chi connectivity index (χ2v) is 11.8. The molecule has 1 amide bonds. The van der Waals surface area contributed by atoms with Crippen LogP contribution in [0.3, 0.4) is 0 Å². The average Bonchev–Trinajstić information content (AvgIpc) is 3.66. The van der Waals surface area contributed by atoms with Crippen molar-refractivity contribution < 1.29 is 29.6 Å². The molecule has 5 rings (SSSR count). The van der Waals surface area contributed by atoms with Crippen molar-refractivity contribution in [3.8, 4) is 0 Å². The van der Waals surface area contributed by atoms with E-state index in [0.29, 0.717) is 17.4 Å². The van der Waals surface area contributed by atoms with Gasteiger partial charge in [-0.05, 0) is 74.8 Å². The van der Waals surface area contributed by atoms with Crippen molar-refractivity contribution in [3.05, 3.63) is 70.4 Å². The minimum atomic E-state index is -1.48. The van der Waals surface area contributed by atoms with Gasteiger partial charge in [0.1, 0.15) is 30.0 Å². The Bertz CT molecular complexity index is 1320. The van der Waals surface area contributed by atoms with E-state index in [1.807, 2.05) is 24.4 Å². The topological polar surface area (TPSA) is 125 Å². The first-order valence-electron chi connectivity index (χ1n) is 13.3. The maximum atomic E-state index is 12.0. The predicted molar refractivity (Wildman–Crippen MR) is 147 cm³/mol. The Morgan fingerprint density at radius 3 is 2.46 bits per heavy atom. The summed E-state index contributed by atoms with van der Waals surface area (Å²) in [4.78, 5) is 12.0. The van der Waals surface area contributed by atoms with Crippen molar-refractivity contribution in [1.82, 2.24) is 15.4 Å². The van der Waals surface area contributed by atoms with E-state index < -0.39 is 42.3 Å². The highest BCUT2D eigenvalue weighted by Gasteiger charge is 2.44. The Balaban J connectivity index is 1.37. The maximum Gasteiger partial charge on any atom is 0.422 e. The van der Waals surface area contributed by atoms with E-state index in [4.69, 9.17) is 21.1 Å². The fraction of sp³-hybridized carbons (Fsp3) is 0.483. The van der Waals surface area contributed by atoms with Crippen molar-refractivity contribution >= 4 is 28.6 Å². The van der Waals surface area contributed by atoms with Gasteiger partial charge in [-0.15, -0.1) is 0 Å². The molecule has 5 atom stereocenters. The van der Waals surface area contributed by atoms with E-state index in [1.54, 1.807) is 25.3 Å². The molecule has 0 bridgehead atoms. The Labute approximate surface area is 232 Å². The van der Waals surface area contributed by atoms with Crippen LogP contribution in [0, 0.1) is 0 Å². The fourth-order valence-corrected chi connectivity index (χ4v) is 5.38. The average molecular weight is 558 g/mol. The van der Waals surface area contributed by atoms with Gasteiger partial charge in [-0.3, -0.25) is 5.43 Å². The Kier molecular flexibility index (Phi) is 7.92. The molecule has 1 saturated carbocycles. The van der Waals surface area contributed by atoms with Crippen molar-refractivity contribution in [2.24, 2.45) is 0 Å². The number of hydrogen-bond acceptors (Lipinski definition) is 7. The zero-order valence-electron chi connectivity index (χ0n) is 22.3. The molecule has 5 N–H and O–H groups in total. The van der Waals surface area contributed by atoms with Gasteiger partial charge in [0.2, 0.25) is 0 Å². The molecule has 0 radical (unpaired) electrons. The van der Waals surface area contributed by atoms with Gasteiger partial charge in [-0.25, -0.2) is 10.2 Å². The van der Waals surface area contributed by atoms with E-state index >= 15 is 0 Å². The number of benzene rings is 2. The molecule has 210 valence electrons. The number of carbonyl (C=O) groups is 1. The van der Waals surface area contributed by atoms with Crippen molar-refractivity contribution in [2.45, 2.75) is 82.2 Å². The molecule has 2 aromatic carbocycles. The lowest BCUT2D eigenvalue weighted by Gasteiger charge is -2.41. The monoisotopic (exact) mass is 557 g/mol. The first-order chi connectivity index (χ1) is 18.5. The van der Waals surface area contributed by atoms with E-state index in [-0.39, 0.29) is 6.54 Å². The van der Waals surface area contributed by atoms with Crippen molar-refractivity contribution in [3.63, 3.8) is 0 Å². The Hall–Kier alpha value is -2.66. The molecule has 2 fully saturated rings. The number of halogens is 1. The highest BCUT2D eigenvalue weighted by atomic mass is 35.5. The number of aliphatic hydroxyl groups excluding tert-OH is 3. The van der Waals surface area contributed by atoms with E-state index in [0.717, 1.165) is 22.0 Å². The van der Waals surface area contributed by atoms with Crippen LogP contribution in [-0.2, 0) is 15.9 Å². The number of hydrogen-bond donors (Lipinski definition) is 5. The summed E-state index contributed by atoms with van der Waals surface area (Å²) in [6.45, 7) is 5.19. The van der Waals surface area contributed by atoms with Gasteiger partial charge in [-0.2, -0.15) is 0 Å². The molecule has 0 unspecified atom stereocenters. The summed E-state index contributed by atoms with van der Waals surface area (Å²) in [5, 5.41) is 33.6. The van der Waals surface area contributed by atoms with E-state index in [1.165, 1.54) is 18.4 Å². The first-order valence-corrected chi connectivity index (χ1v) is 13.7. The molecule has 2 aliphatic rings. The Morgan fingerprint density at radius 2 is 1.79 bits per heavy atom. The molecule has 1 aromatic heterocycles. The summed E-state index contributed by atoms with van der Waals surface area (Å²) < 4.78 is 13.1. The number of nitrogens with one attached hydrogen (secondary N) is 2. The zero-order valence-corrected chi connectivity index (χ0v) is 23.1. The maximum absolute atomic E-state index is 12.0. The van der Waals surface area contributed by atoms with Gasteiger partial charge in [0, 0.05) is 18.1 Å². The standard InChI is InChI=1S/C29H36ClN3O6/c1-29(2,3)39-28(37)32-31-14-22-24(34)25(35)26(36)27(38-22)33-15-19(23-20(30)5-4-6-21(23)33)13-16-7-9-17(10-8-16)18-11-12-18/h4-10,15,18,22,24-27,31,34-36H,11-14H2,1-3H3,(H,32,37)/t22-,24-,25+,26-,27-/m1/s1. The van der Waals surface area contributed by atoms with Crippen LogP contribution >= 0.6 is 11.6 Å². The molecule has 0 spiro atoms. The lowest BCUT2D eigenvalue weighted by molar-refractivity contribution is -0.242. The molecular weight excluding hydrogens is 522 g/mol. The predicted octanol–water partition coefficient (Wildman–Crippen LogP) is 3.77. The molecule has 1 aliphatic heterocycles. The number of aliphatic hydroxyl groups is 3. The minimum Gasteiger partial charge on any atom is -0.443 e. The second kappa shape index (κ2) is 11.1. The van der Waals surface area contributed by atoms with Gasteiger partial charge in [0.25, 0.3) is 0 Å². The summed E-state index contributed by atoms with van der Waals surface area (Å²) in [6, 6.07) is 14.2. The fourth-order valence-electron chi connectivity index (χ4n) is 5.09. The number of carbonyl (C=O) groups excluding carboxylic acids is 1. The molecule has 1 saturated heterocycles. The van der Waals surface area contributed by atoms with Crippen LogP contribution < -0.4 is 10.9 Å². The third-order valence-corrected chi connectivity index (χ3v) is 7.48. The van der Waals surface area contributed by atoms with Crippen LogP contribution in [-0.4, -0.2) is 62.5 Å². The lowest BCUT2D eigenvalue weighted by Crippen LogP contribution is -2.59. The van der Waals surface area contributed by atoms with E-state index in [2.05, 4.69) is 35.1 Å².